The summed E-state index contributed by atoms with van der Waals surface area (Å²) in [5.41, 5.74) is 2.95. The van der Waals surface area contributed by atoms with Crippen molar-refractivity contribution >= 4 is 51.3 Å². The van der Waals surface area contributed by atoms with Gasteiger partial charge < -0.3 is 14.8 Å². The lowest BCUT2D eigenvalue weighted by atomic mass is 10.1. The first-order valence-electron chi connectivity index (χ1n) is 10.3. The van der Waals surface area contributed by atoms with Gasteiger partial charge in [0.1, 0.15) is 6.61 Å². The Kier molecular flexibility index (Phi) is 7.31. The molecule has 4 aromatic rings. The van der Waals surface area contributed by atoms with Gasteiger partial charge in [0, 0.05) is 17.6 Å². The molecule has 0 aliphatic heterocycles. The first kappa shape index (κ1) is 22.6. The van der Waals surface area contributed by atoms with Crippen LogP contribution in [0.25, 0.3) is 10.8 Å². The van der Waals surface area contributed by atoms with Crippen molar-refractivity contribution in [1.82, 2.24) is 0 Å². The number of hydrogen-bond acceptors (Lipinski definition) is 3. The molecular weight excluding hydrogens is 465 g/mol. The van der Waals surface area contributed by atoms with Gasteiger partial charge in [-0.3, -0.25) is 0 Å². The lowest BCUT2D eigenvalue weighted by Crippen LogP contribution is -2.04. The molecule has 0 aromatic heterocycles. The molecule has 0 radical (unpaired) electrons. The van der Waals surface area contributed by atoms with E-state index in [-0.39, 0.29) is 0 Å². The SMILES string of the molecule is CCOc1cc(CNc2cccc3ccccc23)cc(Cl)c1OCc1ccc(Cl)c(Cl)c1. The van der Waals surface area contributed by atoms with Crippen LogP contribution in [0.15, 0.2) is 72.8 Å². The number of anilines is 1. The monoisotopic (exact) mass is 485 g/mol. The fourth-order valence-electron chi connectivity index (χ4n) is 3.49. The molecule has 0 saturated carbocycles. The number of nitrogens with one attached hydrogen (secondary N) is 1. The molecule has 0 amide bonds. The lowest BCUT2D eigenvalue weighted by molar-refractivity contribution is 0.269. The predicted molar refractivity (Wildman–Crippen MR) is 135 cm³/mol. The fourth-order valence-corrected chi connectivity index (χ4v) is 4.10. The summed E-state index contributed by atoms with van der Waals surface area (Å²) in [6, 6.07) is 23.7. The smallest absolute Gasteiger partial charge is 0.180 e. The van der Waals surface area contributed by atoms with Gasteiger partial charge in [-0.25, -0.2) is 0 Å². The van der Waals surface area contributed by atoms with E-state index >= 15 is 0 Å². The van der Waals surface area contributed by atoms with Crippen molar-refractivity contribution in [2.75, 3.05) is 11.9 Å². The van der Waals surface area contributed by atoms with Crippen molar-refractivity contribution in [2.45, 2.75) is 20.1 Å². The summed E-state index contributed by atoms with van der Waals surface area (Å²) in [4.78, 5) is 0. The van der Waals surface area contributed by atoms with E-state index in [2.05, 4.69) is 29.6 Å². The molecule has 6 heteroatoms. The highest BCUT2D eigenvalue weighted by molar-refractivity contribution is 6.42. The molecule has 164 valence electrons. The summed E-state index contributed by atoms with van der Waals surface area (Å²) in [6.45, 7) is 3.32. The Morgan fingerprint density at radius 1 is 0.750 bits per heavy atom. The summed E-state index contributed by atoms with van der Waals surface area (Å²) < 4.78 is 11.8. The van der Waals surface area contributed by atoms with Gasteiger partial charge in [0.25, 0.3) is 0 Å². The predicted octanol–water partition coefficient (Wildman–Crippen LogP) is 8.39. The number of ether oxygens (including phenoxy) is 2. The Hall–Kier alpha value is -2.59. The van der Waals surface area contributed by atoms with E-state index in [0.717, 1.165) is 16.8 Å². The average Bonchev–Trinajstić information content (AvgIpc) is 2.79. The number of halogens is 3. The Balaban J connectivity index is 1.53. The van der Waals surface area contributed by atoms with Crippen molar-refractivity contribution < 1.29 is 9.47 Å². The second-order valence-corrected chi connectivity index (χ2v) is 8.48. The first-order valence-corrected chi connectivity index (χ1v) is 11.4. The van der Waals surface area contributed by atoms with Gasteiger partial charge >= 0.3 is 0 Å². The Morgan fingerprint density at radius 2 is 1.53 bits per heavy atom. The van der Waals surface area contributed by atoms with Crippen LogP contribution in [0.2, 0.25) is 15.1 Å². The molecule has 0 fully saturated rings. The van der Waals surface area contributed by atoms with E-state index in [1.807, 2.05) is 43.3 Å². The molecule has 3 nitrogen and oxygen atoms in total. The normalized spacial score (nSPS) is 10.9. The van der Waals surface area contributed by atoms with Crippen molar-refractivity contribution in [3.63, 3.8) is 0 Å². The maximum atomic E-state index is 6.59. The lowest BCUT2D eigenvalue weighted by Gasteiger charge is -2.16. The third-order valence-electron chi connectivity index (χ3n) is 5.01. The average molecular weight is 487 g/mol. The third-order valence-corrected chi connectivity index (χ3v) is 6.03. The van der Waals surface area contributed by atoms with Gasteiger partial charge in [0.15, 0.2) is 11.5 Å². The highest BCUT2D eigenvalue weighted by Crippen LogP contribution is 2.38. The van der Waals surface area contributed by atoms with Gasteiger partial charge in [0.05, 0.1) is 21.7 Å². The first-order chi connectivity index (χ1) is 15.5. The maximum absolute atomic E-state index is 6.59. The van der Waals surface area contributed by atoms with Crippen molar-refractivity contribution in [1.29, 1.82) is 0 Å². The summed E-state index contributed by atoms with van der Waals surface area (Å²) in [6.07, 6.45) is 0. The Bertz CT molecular complexity index is 1240. The molecular formula is C26H22Cl3NO2. The highest BCUT2D eigenvalue weighted by atomic mass is 35.5. The molecule has 0 saturated heterocycles. The summed E-state index contributed by atoms with van der Waals surface area (Å²) >= 11 is 18.7. The number of rotatable bonds is 8. The zero-order chi connectivity index (χ0) is 22.5. The van der Waals surface area contributed by atoms with Gasteiger partial charge in [-0.15, -0.1) is 0 Å². The van der Waals surface area contributed by atoms with Gasteiger partial charge in [-0.1, -0.05) is 77.3 Å². The van der Waals surface area contributed by atoms with E-state index in [4.69, 9.17) is 44.3 Å². The number of fused-ring (bicyclic) bond motifs is 1. The van der Waals surface area contributed by atoms with Gasteiger partial charge in [-0.05, 0) is 53.8 Å². The van der Waals surface area contributed by atoms with Crippen molar-refractivity contribution in [2.24, 2.45) is 0 Å². The number of benzene rings is 4. The Labute approximate surface area is 202 Å². The fraction of sp³-hybridized carbons (Fsp3) is 0.154. The number of hydrogen-bond donors (Lipinski definition) is 1. The summed E-state index contributed by atoms with van der Waals surface area (Å²) in [5.74, 6) is 1.11. The molecule has 0 aliphatic carbocycles. The van der Waals surface area contributed by atoms with Gasteiger partial charge in [0.2, 0.25) is 0 Å². The van der Waals surface area contributed by atoms with Gasteiger partial charge in [-0.2, -0.15) is 0 Å². The maximum Gasteiger partial charge on any atom is 0.180 e. The van der Waals surface area contributed by atoms with Crippen LogP contribution in [0.4, 0.5) is 5.69 Å². The van der Waals surface area contributed by atoms with E-state index < -0.39 is 0 Å². The van der Waals surface area contributed by atoms with Crippen molar-refractivity contribution in [3.05, 3.63) is 99.0 Å². The largest absolute Gasteiger partial charge is 0.490 e. The van der Waals surface area contributed by atoms with Crippen molar-refractivity contribution in [3.8, 4) is 11.5 Å². The van der Waals surface area contributed by atoms with Crippen LogP contribution in [0.3, 0.4) is 0 Å². The topological polar surface area (TPSA) is 30.5 Å². The molecule has 0 bridgehead atoms. The van der Waals surface area contributed by atoms with E-state index in [1.54, 1.807) is 12.1 Å². The van der Waals surface area contributed by atoms with Crippen LogP contribution in [0, 0.1) is 0 Å². The molecule has 4 rings (SSSR count). The standard InChI is InChI=1S/C26H22Cl3NO2/c1-2-31-25-14-18(15-30-24-9-5-7-19-6-3-4-8-20(19)24)13-23(29)26(25)32-16-17-10-11-21(27)22(28)12-17/h3-14,30H,2,15-16H2,1H3. The molecule has 0 heterocycles. The quantitative estimate of drug-likeness (QED) is 0.271. The minimum absolute atomic E-state index is 0.296. The van der Waals surface area contributed by atoms with E-state index in [1.165, 1.54) is 10.8 Å². The molecule has 0 atom stereocenters. The molecule has 0 aliphatic rings. The Morgan fingerprint density at radius 3 is 2.34 bits per heavy atom. The molecule has 1 N–H and O–H groups in total. The van der Waals surface area contributed by atoms with Crippen LogP contribution >= 0.6 is 34.8 Å². The summed E-state index contributed by atoms with van der Waals surface area (Å²) in [5, 5.41) is 7.35. The molecule has 0 unspecified atom stereocenters. The highest BCUT2D eigenvalue weighted by Gasteiger charge is 2.14. The second-order valence-electron chi connectivity index (χ2n) is 7.26. The zero-order valence-electron chi connectivity index (χ0n) is 17.5. The second kappa shape index (κ2) is 10.4. The minimum atomic E-state index is 0.296. The van der Waals surface area contributed by atoms with Crippen LogP contribution < -0.4 is 14.8 Å². The molecule has 0 spiro atoms. The van der Waals surface area contributed by atoms with Crippen LogP contribution in [-0.2, 0) is 13.2 Å². The summed E-state index contributed by atoms with van der Waals surface area (Å²) in [7, 11) is 0. The zero-order valence-corrected chi connectivity index (χ0v) is 19.8. The van der Waals surface area contributed by atoms with E-state index in [9.17, 15) is 0 Å². The third kappa shape index (κ3) is 5.24. The molecule has 4 aromatic carbocycles. The van der Waals surface area contributed by atoms with Crippen LogP contribution in [0.5, 0.6) is 11.5 Å². The minimum Gasteiger partial charge on any atom is -0.490 e. The van der Waals surface area contributed by atoms with E-state index in [0.29, 0.717) is 46.3 Å². The van der Waals surface area contributed by atoms with Crippen LogP contribution in [-0.4, -0.2) is 6.61 Å². The molecule has 32 heavy (non-hydrogen) atoms. The van der Waals surface area contributed by atoms with Crippen LogP contribution in [0.1, 0.15) is 18.1 Å².